The smallest absolute Gasteiger partial charge is 0.341 e. The summed E-state index contributed by atoms with van der Waals surface area (Å²) in [5, 5.41) is 1.56. The Labute approximate surface area is 135 Å². The van der Waals surface area contributed by atoms with Crippen molar-refractivity contribution in [3.05, 3.63) is 47.0 Å². The number of nitrogen functional groups attached to an aromatic ring is 1. The number of benzene rings is 1. The number of nitrogens with zero attached hydrogens (tertiary/aromatic N) is 1. The number of thiophene rings is 1. The highest BCUT2D eigenvalue weighted by Gasteiger charge is 2.23. The third-order valence-corrected chi connectivity index (χ3v) is 4.70. The minimum Gasteiger partial charge on any atom is -0.462 e. The summed E-state index contributed by atoms with van der Waals surface area (Å²) in [6.45, 7) is 7.82. The van der Waals surface area contributed by atoms with Crippen LogP contribution in [0.1, 0.15) is 35.3 Å². The second-order valence-electron chi connectivity index (χ2n) is 4.99. The Bertz CT molecular complexity index is 638. The van der Waals surface area contributed by atoms with Gasteiger partial charge in [0.2, 0.25) is 0 Å². The third kappa shape index (κ3) is 3.42. The largest absolute Gasteiger partial charge is 0.462 e. The van der Waals surface area contributed by atoms with E-state index in [0.29, 0.717) is 17.2 Å². The topological polar surface area (TPSA) is 55.6 Å². The second kappa shape index (κ2) is 7.31. The van der Waals surface area contributed by atoms with E-state index in [9.17, 15) is 4.79 Å². The van der Waals surface area contributed by atoms with Crippen LogP contribution in [0.15, 0.2) is 30.3 Å². The van der Waals surface area contributed by atoms with Gasteiger partial charge in [-0.2, -0.15) is 0 Å². The molecule has 0 amide bonds. The van der Waals surface area contributed by atoms with Gasteiger partial charge in [-0.1, -0.05) is 30.3 Å². The van der Waals surface area contributed by atoms with Crippen LogP contribution >= 0.6 is 11.3 Å². The van der Waals surface area contributed by atoms with E-state index in [1.54, 1.807) is 6.92 Å². The number of carbonyl (C=O) groups excluding carboxylic acids is 1. The molecule has 0 fully saturated rings. The van der Waals surface area contributed by atoms with Crippen LogP contribution in [0.3, 0.4) is 0 Å². The van der Waals surface area contributed by atoms with E-state index in [4.69, 9.17) is 10.5 Å². The number of anilines is 2. The van der Waals surface area contributed by atoms with E-state index in [-0.39, 0.29) is 5.97 Å². The van der Waals surface area contributed by atoms with Crippen LogP contribution in [0, 0.1) is 6.92 Å². The number of carbonyl (C=O) groups is 1. The van der Waals surface area contributed by atoms with Gasteiger partial charge in [0, 0.05) is 18.7 Å². The van der Waals surface area contributed by atoms with Gasteiger partial charge in [0.1, 0.15) is 5.00 Å². The van der Waals surface area contributed by atoms with E-state index < -0.39 is 0 Å². The summed E-state index contributed by atoms with van der Waals surface area (Å²) in [5.41, 5.74) is 8.69. The van der Waals surface area contributed by atoms with Crippen molar-refractivity contribution in [2.24, 2.45) is 0 Å². The fraction of sp³-hybridized carbons (Fsp3) is 0.353. The van der Waals surface area contributed by atoms with Crippen LogP contribution in [-0.4, -0.2) is 19.1 Å². The van der Waals surface area contributed by atoms with Crippen LogP contribution in [-0.2, 0) is 11.3 Å². The van der Waals surface area contributed by atoms with Crippen molar-refractivity contribution in [1.82, 2.24) is 0 Å². The highest BCUT2D eigenvalue weighted by atomic mass is 32.1. The lowest BCUT2D eigenvalue weighted by Gasteiger charge is -2.22. The molecule has 0 atom stereocenters. The minimum atomic E-state index is -0.337. The maximum atomic E-state index is 12.1. The van der Waals surface area contributed by atoms with Gasteiger partial charge >= 0.3 is 5.97 Å². The number of ether oxygens (including phenoxy) is 1. The standard InChI is InChI=1S/C17H22N2O2S/c1-4-19(11-13-9-7-6-8-10-13)16-12(3)14(15(18)22-16)17(20)21-5-2/h6-10H,4-5,11,18H2,1-3H3. The SMILES string of the molecule is CCOC(=O)c1c(N)sc(N(CC)Cc2ccccc2)c1C. The molecule has 0 aliphatic heterocycles. The highest BCUT2D eigenvalue weighted by Crippen LogP contribution is 2.38. The van der Waals surface area contributed by atoms with Gasteiger partial charge in [0.25, 0.3) is 0 Å². The first-order chi connectivity index (χ1) is 10.6. The normalized spacial score (nSPS) is 10.5. The summed E-state index contributed by atoms with van der Waals surface area (Å²) in [6, 6.07) is 10.3. The van der Waals surface area contributed by atoms with Gasteiger partial charge in [-0.05, 0) is 26.3 Å². The lowest BCUT2D eigenvalue weighted by molar-refractivity contribution is 0.0527. The second-order valence-corrected chi connectivity index (χ2v) is 6.02. The van der Waals surface area contributed by atoms with Crippen molar-refractivity contribution >= 4 is 27.3 Å². The molecule has 0 saturated heterocycles. The molecule has 2 rings (SSSR count). The Morgan fingerprint density at radius 2 is 1.95 bits per heavy atom. The van der Waals surface area contributed by atoms with Crippen molar-refractivity contribution in [2.45, 2.75) is 27.3 Å². The maximum Gasteiger partial charge on any atom is 0.341 e. The molecule has 1 aromatic heterocycles. The fourth-order valence-corrected chi connectivity index (χ4v) is 3.54. The Morgan fingerprint density at radius 3 is 2.55 bits per heavy atom. The molecule has 0 bridgehead atoms. The zero-order valence-electron chi connectivity index (χ0n) is 13.3. The summed E-state index contributed by atoms with van der Waals surface area (Å²) in [6.07, 6.45) is 0. The molecule has 0 unspecified atom stereocenters. The van der Waals surface area contributed by atoms with Crippen molar-refractivity contribution in [2.75, 3.05) is 23.8 Å². The maximum absolute atomic E-state index is 12.1. The Kier molecular flexibility index (Phi) is 5.44. The predicted molar refractivity (Wildman–Crippen MR) is 92.6 cm³/mol. The monoisotopic (exact) mass is 318 g/mol. The van der Waals surface area contributed by atoms with Gasteiger partial charge in [0.05, 0.1) is 17.2 Å². The number of rotatable bonds is 6. The van der Waals surface area contributed by atoms with Crippen LogP contribution in [0.2, 0.25) is 0 Å². The summed E-state index contributed by atoms with van der Waals surface area (Å²) in [7, 11) is 0. The van der Waals surface area contributed by atoms with E-state index in [0.717, 1.165) is 23.7 Å². The summed E-state index contributed by atoms with van der Waals surface area (Å²) in [5.74, 6) is -0.337. The van der Waals surface area contributed by atoms with Crippen molar-refractivity contribution < 1.29 is 9.53 Å². The predicted octanol–water partition coefficient (Wildman–Crippen LogP) is 3.84. The molecule has 22 heavy (non-hydrogen) atoms. The van der Waals surface area contributed by atoms with Crippen molar-refractivity contribution in [3.63, 3.8) is 0 Å². The van der Waals surface area contributed by atoms with E-state index in [2.05, 4.69) is 24.0 Å². The lowest BCUT2D eigenvalue weighted by atomic mass is 10.1. The molecule has 118 valence electrons. The molecule has 0 spiro atoms. The Morgan fingerprint density at radius 1 is 1.27 bits per heavy atom. The number of hydrogen-bond acceptors (Lipinski definition) is 5. The zero-order chi connectivity index (χ0) is 16.1. The van der Waals surface area contributed by atoms with Gasteiger partial charge in [-0.3, -0.25) is 0 Å². The molecule has 0 aliphatic rings. The fourth-order valence-electron chi connectivity index (χ4n) is 2.41. The molecule has 0 aliphatic carbocycles. The highest BCUT2D eigenvalue weighted by molar-refractivity contribution is 7.20. The third-order valence-electron chi connectivity index (χ3n) is 3.51. The number of hydrogen-bond donors (Lipinski definition) is 1. The molecular formula is C17H22N2O2S. The van der Waals surface area contributed by atoms with Crippen LogP contribution in [0.5, 0.6) is 0 Å². The van der Waals surface area contributed by atoms with E-state index in [1.165, 1.54) is 16.9 Å². The van der Waals surface area contributed by atoms with Crippen molar-refractivity contribution in [3.8, 4) is 0 Å². The first kappa shape index (κ1) is 16.4. The number of nitrogens with two attached hydrogens (primary N) is 1. The Hall–Kier alpha value is -2.01. The van der Waals surface area contributed by atoms with Gasteiger partial charge < -0.3 is 15.4 Å². The molecule has 2 aromatic rings. The van der Waals surface area contributed by atoms with E-state index in [1.807, 2.05) is 25.1 Å². The quantitative estimate of drug-likeness (QED) is 0.822. The summed E-state index contributed by atoms with van der Waals surface area (Å²) < 4.78 is 5.10. The summed E-state index contributed by atoms with van der Waals surface area (Å²) >= 11 is 1.45. The number of esters is 1. The molecular weight excluding hydrogens is 296 g/mol. The van der Waals surface area contributed by atoms with Crippen LogP contribution in [0.4, 0.5) is 10.0 Å². The molecule has 1 aromatic carbocycles. The first-order valence-electron chi connectivity index (χ1n) is 7.43. The average Bonchev–Trinajstić information content (AvgIpc) is 2.81. The summed E-state index contributed by atoms with van der Waals surface area (Å²) in [4.78, 5) is 14.3. The van der Waals surface area contributed by atoms with Crippen LogP contribution < -0.4 is 10.6 Å². The average molecular weight is 318 g/mol. The first-order valence-corrected chi connectivity index (χ1v) is 8.24. The zero-order valence-corrected chi connectivity index (χ0v) is 14.1. The molecule has 5 heteroatoms. The Balaban J connectivity index is 2.30. The molecule has 1 heterocycles. The van der Waals surface area contributed by atoms with Gasteiger partial charge in [-0.15, -0.1) is 11.3 Å². The minimum absolute atomic E-state index is 0.337. The molecule has 0 saturated carbocycles. The van der Waals surface area contributed by atoms with Crippen LogP contribution in [0.25, 0.3) is 0 Å². The van der Waals surface area contributed by atoms with E-state index >= 15 is 0 Å². The van der Waals surface area contributed by atoms with Gasteiger partial charge in [-0.25, -0.2) is 4.79 Å². The molecule has 0 radical (unpaired) electrons. The van der Waals surface area contributed by atoms with Crippen molar-refractivity contribution in [1.29, 1.82) is 0 Å². The van der Waals surface area contributed by atoms with Gasteiger partial charge in [0.15, 0.2) is 0 Å². The molecule has 2 N–H and O–H groups in total. The molecule has 4 nitrogen and oxygen atoms in total. The lowest BCUT2D eigenvalue weighted by Crippen LogP contribution is -2.21.